The largest absolute Gasteiger partial charge is 0.381 e. The van der Waals surface area contributed by atoms with Crippen molar-refractivity contribution in [3.8, 4) is 0 Å². The predicted molar refractivity (Wildman–Crippen MR) is 79.6 cm³/mol. The number of hydrogen-bond acceptors (Lipinski definition) is 3. The normalized spacial score (nSPS) is 17.9. The van der Waals surface area contributed by atoms with E-state index in [1.54, 1.807) is 6.07 Å². The zero-order chi connectivity index (χ0) is 14.6. The van der Waals surface area contributed by atoms with E-state index in [9.17, 15) is 4.79 Å². The molecule has 1 aromatic carbocycles. The van der Waals surface area contributed by atoms with Crippen LogP contribution in [0.25, 0.3) is 0 Å². The van der Waals surface area contributed by atoms with Gasteiger partial charge in [-0.15, -0.1) is 0 Å². The highest BCUT2D eigenvalue weighted by molar-refractivity contribution is 5.93. The fourth-order valence-electron chi connectivity index (χ4n) is 2.59. The minimum atomic E-state index is -0.373. The van der Waals surface area contributed by atoms with Gasteiger partial charge >= 0.3 is 0 Å². The number of carbonyl (C=O) groups is 1. The molecule has 110 valence electrons. The van der Waals surface area contributed by atoms with Gasteiger partial charge < -0.3 is 15.8 Å². The van der Waals surface area contributed by atoms with Gasteiger partial charge in [0.1, 0.15) is 0 Å². The van der Waals surface area contributed by atoms with Crippen LogP contribution in [0.2, 0.25) is 0 Å². The molecule has 1 fully saturated rings. The molecule has 0 aliphatic carbocycles. The molecule has 1 saturated heterocycles. The minimum Gasteiger partial charge on any atom is -0.381 e. The van der Waals surface area contributed by atoms with Crippen molar-refractivity contribution in [2.45, 2.75) is 33.2 Å². The Bertz CT molecular complexity index is 479. The van der Waals surface area contributed by atoms with Gasteiger partial charge in [-0.05, 0) is 48.4 Å². The van der Waals surface area contributed by atoms with Crippen molar-refractivity contribution in [3.63, 3.8) is 0 Å². The summed E-state index contributed by atoms with van der Waals surface area (Å²) in [4.78, 5) is 11.1. The van der Waals surface area contributed by atoms with Gasteiger partial charge in [0.25, 0.3) is 0 Å². The quantitative estimate of drug-likeness (QED) is 0.864. The molecule has 0 unspecified atom stereocenters. The first-order valence-electron chi connectivity index (χ1n) is 7.18. The fourth-order valence-corrected chi connectivity index (χ4v) is 2.59. The molecule has 1 heterocycles. The second-order valence-corrected chi connectivity index (χ2v) is 6.03. The summed E-state index contributed by atoms with van der Waals surface area (Å²) in [6.45, 7) is 7.87. The van der Waals surface area contributed by atoms with Crippen molar-refractivity contribution in [1.29, 1.82) is 0 Å². The second kappa shape index (κ2) is 6.37. The summed E-state index contributed by atoms with van der Waals surface area (Å²) in [5, 5.41) is 3.53. The van der Waals surface area contributed by atoms with E-state index in [4.69, 9.17) is 10.5 Å². The molecular formula is C16H24N2O2. The molecule has 1 amide bonds. The zero-order valence-corrected chi connectivity index (χ0v) is 12.4. The van der Waals surface area contributed by atoms with E-state index in [1.165, 1.54) is 5.56 Å². The highest BCUT2D eigenvalue weighted by Gasteiger charge is 2.26. The summed E-state index contributed by atoms with van der Waals surface area (Å²) in [6, 6.07) is 5.63. The number of ether oxygens (including phenoxy) is 1. The van der Waals surface area contributed by atoms with Crippen molar-refractivity contribution < 1.29 is 9.53 Å². The van der Waals surface area contributed by atoms with Crippen molar-refractivity contribution in [2.24, 2.45) is 11.1 Å². The van der Waals surface area contributed by atoms with Crippen molar-refractivity contribution in [1.82, 2.24) is 5.32 Å². The number of nitrogens with one attached hydrogen (secondary N) is 1. The number of primary amides is 1. The molecule has 2 rings (SSSR count). The average Bonchev–Trinajstić information content (AvgIpc) is 2.41. The number of hydrogen-bond donors (Lipinski definition) is 2. The molecule has 4 heteroatoms. The van der Waals surface area contributed by atoms with Crippen LogP contribution in [0.1, 0.15) is 41.3 Å². The van der Waals surface area contributed by atoms with Gasteiger partial charge in [0.15, 0.2) is 0 Å². The van der Waals surface area contributed by atoms with Crippen LogP contribution >= 0.6 is 0 Å². The van der Waals surface area contributed by atoms with Gasteiger partial charge in [0, 0.05) is 31.9 Å². The van der Waals surface area contributed by atoms with Crippen molar-refractivity contribution in [3.05, 3.63) is 34.9 Å². The Hall–Kier alpha value is -1.39. The zero-order valence-electron chi connectivity index (χ0n) is 12.4. The molecule has 0 spiro atoms. The minimum absolute atomic E-state index is 0.333. The third-order valence-electron chi connectivity index (χ3n) is 4.19. The Balaban J connectivity index is 1.89. The predicted octanol–water partition coefficient (Wildman–Crippen LogP) is 2.00. The molecule has 0 atom stereocenters. The monoisotopic (exact) mass is 276 g/mol. The molecule has 1 aromatic rings. The highest BCUT2D eigenvalue weighted by Crippen LogP contribution is 2.28. The van der Waals surface area contributed by atoms with Gasteiger partial charge in [-0.1, -0.05) is 13.0 Å². The van der Waals surface area contributed by atoms with Crippen LogP contribution in [-0.4, -0.2) is 25.7 Å². The Labute approximate surface area is 120 Å². The molecule has 3 N–H and O–H groups in total. The SMILES string of the molecule is Cc1cc(C(N)=O)ccc1CNCC1(C)CCOCC1. The van der Waals surface area contributed by atoms with E-state index in [-0.39, 0.29) is 5.91 Å². The van der Waals surface area contributed by atoms with Crippen LogP contribution in [0.15, 0.2) is 18.2 Å². The molecule has 0 bridgehead atoms. The van der Waals surface area contributed by atoms with Gasteiger partial charge in [0.05, 0.1) is 0 Å². The molecular weight excluding hydrogens is 252 g/mol. The van der Waals surface area contributed by atoms with Crippen molar-refractivity contribution in [2.75, 3.05) is 19.8 Å². The number of nitrogens with two attached hydrogens (primary N) is 1. The average molecular weight is 276 g/mol. The van der Waals surface area contributed by atoms with Crippen LogP contribution in [-0.2, 0) is 11.3 Å². The molecule has 0 radical (unpaired) electrons. The first kappa shape index (κ1) is 15.0. The lowest BCUT2D eigenvalue weighted by molar-refractivity contribution is 0.0240. The van der Waals surface area contributed by atoms with E-state index in [0.717, 1.165) is 44.7 Å². The summed E-state index contributed by atoms with van der Waals surface area (Å²) < 4.78 is 5.41. The molecule has 0 aromatic heterocycles. The summed E-state index contributed by atoms with van der Waals surface area (Å²) in [7, 11) is 0. The summed E-state index contributed by atoms with van der Waals surface area (Å²) in [5.74, 6) is -0.373. The third-order valence-corrected chi connectivity index (χ3v) is 4.19. The highest BCUT2D eigenvalue weighted by atomic mass is 16.5. The van der Waals surface area contributed by atoms with E-state index >= 15 is 0 Å². The smallest absolute Gasteiger partial charge is 0.248 e. The van der Waals surface area contributed by atoms with Crippen LogP contribution in [0.4, 0.5) is 0 Å². The number of aryl methyl sites for hydroxylation is 1. The van der Waals surface area contributed by atoms with Crippen LogP contribution in [0.3, 0.4) is 0 Å². The molecule has 20 heavy (non-hydrogen) atoms. The van der Waals surface area contributed by atoms with Gasteiger partial charge in [-0.3, -0.25) is 4.79 Å². The number of carbonyl (C=O) groups excluding carboxylic acids is 1. The molecule has 0 saturated carbocycles. The van der Waals surface area contributed by atoms with Crippen LogP contribution in [0, 0.1) is 12.3 Å². The van der Waals surface area contributed by atoms with E-state index in [2.05, 4.69) is 12.2 Å². The maximum atomic E-state index is 11.1. The third kappa shape index (κ3) is 3.81. The first-order chi connectivity index (χ1) is 9.50. The van der Waals surface area contributed by atoms with Crippen LogP contribution in [0.5, 0.6) is 0 Å². The molecule has 1 aliphatic heterocycles. The van der Waals surface area contributed by atoms with E-state index < -0.39 is 0 Å². The Kier molecular flexibility index (Phi) is 4.78. The Morgan fingerprint density at radius 3 is 2.70 bits per heavy atom. The van der Waals surface area contributed by atoms with Gasteiger partial charge in [-0.2, -0.15) is 0 Å². The maximum Gasteiger partial charge on any atom is 0.248 e. The first-order valence-corrected chi connectivity index (χ1v) is 7.18. The lowest BCUT2D eigenvalue weighted by Crippen LogP contribution is -2.36. The number of benzene rings is 1. The van der Waals surface area contributed by atoms with E-state index in [1.807, 2.05) is 19.1 Å². The topological polar surface area (TPSA) is 64.4 Å². The summed E-state index contributed by atoms with van der Waals surface area (Å²) in [5.41, 5.74) is 8.50. The lowest BCUT2D eigenvalue weighted by atomic mass is 9.82. The lowest BCUT2D eigenvalue weighted by Gasteiger charge is -2.33. The standard InChI is InChI=1S/C16H24N2O2/c1-12-9-13(15(17)19)3-4-14(12)10-18-11-16(2)5-7-20-8-6-16/h3-4,9,18H,5-8,10-11H2,1-2H3,(H2,17,19). The summed E-state index contributed by atoms with van der Waals surface area (Å²) >= 11 is 0. The number of rotatable bonds is 5. The maximum absolute atomic E-state index is 11.1. The van der Waals surface area contributed by atoms with Crippen LogP contribution < -0.4 is 11.1 Å². The van der Waals surface area contributed by atoms with Gasteiger partial charge in [-0.25, -0.2) is 0 Å². The van der Waals surface area contributed by atoms with E-state index in [0.29, 0.717) is 11.0 Å². The molecule has 1 aliphatic rings. The number of amides is 1. The van der Waals surface area contributed by atoms with Crippen molar-refractivity contribution >= 4 is 5.91 Å². The summed E-state index contributed by atoms with van der Waals surface area (Å²) in [6.07, 6.45) is 2.22. The molecule has 4 nitrogen and oxygen atoms in total. The Morgan fingerprint density at radius 2 is 2.10 bits per heavy atom. The second-order valence-electron chi connectivity index (χ2n) is 6.03. The fraction of sp³-hybridized carbons (Fsp3) is 0.562. The Morgan fingerprint density at radius 1 is 1.40 bits per heavy atom. The van der Waals surface area contributed by atoms with Gasteiger partial charge in [0.2, 0.25) is 5.91 Å².